The van der Waals surface area contributed by atoms with Crippen molar-refractivity contribution in [2.75, 3.05) is 6.54 Å². The van der Waals surface area contributed by atoms with Crippen molar-refractivity contribution >= 4 is 10.0 Å². The van der Waals surface area contributed by atoms with Gasteiger partial charge in [0.15, 0.2) is 0 Å². The number of rotatable bonds is 4. The molecule has 2 N–H and O–H groups in total. The molecule has 0 aliphatic heterocycles. The van der Waals surface area contributed by atoms with Gasteiger partial charge in [-0.15, -0.1) is 0 Å². The molecule has 0 heterocycles. The van der Waals surface area contributed by atoms with Crippen molar-refractivity contribution in [1.82, 2.24) is 4.72 Å². The molecule has 0 spiro atoms. The number of aliphatic hydroxyl groups is 1. The highest BCUT2D eigenvalue weighted by atomic mass is 32.2. The van der Waals surface area contributed by atoms with E-state index in [4.69, 9.17) is 0 Å². The molecule has 0 saturated heterocycles. The van der Waals surface area contributed by atoms with Crippen LogP contribution in [-0.4, -0.2) is 31.4 Å². The van der Waals surface area contributed by atoms with E-state index >= 15 is 0 Å². The maximum Gasteiger partial charge on any atom is 0.214 e. The second-order valence-corrected chi connectivity index (χ2v) is 7.87. The Balaban J connectivity index is 1.77. The summed E-state index contributed by atoms with van der Waals surface area (Å²) in [7, 11) is -3.11. The molecule has 2 saturated carbocycles. The van der Waals surface area contributed by atoms with Crippen LogP contribution in [0, 0.1) is 5.92 Å². The number of hydrogen-bond acceptors (Lipinski definition) is 3. The van der Waals surface area contributed by atoms with Gasteiger partial charge in [-0.1, -0.05) is 19.3 Å². The Morgan fingerprint density at radius 3 is 2.17 bits per heavy atom. The molecule has 0 radical (unpaired) electrons. The van der Waals surface area contributed by atoms with E-state index in [1.54, 1.807) is 0 Å². The van der Waals surface area contributed by atoms with Gasteiger partial charge in [-0.3, -0.25) is 0 Å². The second-order valence-electron chi connectivity index (χ2n) is 5.83. The summed E-state index contributed by atoms with van der Waals surface area (Å²) in [5, 5.41) is 9.25. The average Bonchev–Trinajstić information content (AvgIpc) is 2.39. The Morgan fingerprint density at radius 2 is 1.56 bits per heavy atom. The number of hydrogen-bond donors (Lipinski definition) is 2. The van der Waals surface area contributed by atoms with Crippen LogP contribution in [-0.2, 0) is 10.0 Å². The monoisotopic (exact) mass is 275 g/mol. The fourth-order valence-electron chi connectivity index (χ4n) is 3.08. The van der Waals surface area contributed by atoms with Crippen LogP contribution in [0.4, 0.5) is 0 Å². The van der Waals surface area contributed by atoms with Gasteiger partial charge in [0.1, 0.15) is 0 Å². The first-order valence-corrected chi connectivity index (χ1v) is 8.79. The summed E-state index contributed by atoms with van der Waals surface area (Å²) in [6, 6.07) is 0. The van der Waals surface area contributed by atoms with Crippen molar-refractivity contribution in [3.05, 3.63) is 0 Å². The van der Waals surface area contributed by atoms with Gasteiger partial charge in [0.2, 0.25) is 10.0 Å². The van der Waals surface area contributed by atoms with E-state index in [-0.39, 0.29) is 11.4 Å². The molecule has 0 aromatic heterocycles. The third-order valence-corrected chi connectivity index (χ3v) is 6.30. The molecule has 2 rings (SSSR count). The molecule has 18 heavy (non-hydrogen) atoms. The van der Waals surface area contributed by atoms with E-state index in [2.05, 4.69) is 4.72 Å². The molecule has 0 bridgehead atoms. The second kappa shape index (κ2) is 6.35. The molecular weight excluding hydrogens is 250 g/mol. The Morgan fingerprint density at radius 1 is 0.944 bits per heavy atom. The quantitative estimate of drug-likeness (QED) is 0.822. The van der Waals surface area contributed by atoms with Crippen LogP contribution in [0.2, 0.25) is 0 Å². The Kier molecular flexibility index (Phi) is 5.04. The highest BCUT2D eigenvalue weighted by Crippen LogP contribution is 2.25. The molecule has 4 nitrogen and oxygen atoms in total. The van der Waals surface area contributed by atoms with Crippen molar-refractivity contribution in [3.8, 4) is 0 Å². The van der Waals surface area contributed by atoms with E-state index < -0.39 is 10.0 Å². The van der Waals surface area contributed by atoms with Gasteiger partial charge in [0.05, 0.1) is 11.4 Å². The zero-order valence-electron chi connectivity index (χ0n) is 11.0. The minimum atomic E-state index is -3.11. The lowest BCUT2D eigenvalue weighted by atomic mass is 9.88. The van der Waals surface area contributed by atoms with Gasteiger partial charge in [0, 0.05) is 6.54 Å². The topological polar surface area (TPSA) is 66.4 Å². The third-order valence-electron chi connectivity index (χ3n) is 4.38. The zero-order valence-corrected chi connectivity index (χ0v) is 11.8. The predicted octanol–water partition coefficient (Wildman–Crippen LogP) is 1.79. The van der Waals surface area contributed by atoms with Crippen molar-refractivity contribution < 1.29 is 13.5 Å². The summed E-state index contributed by atoms with van der Waals surface area (Å²) in [5.74, 6) is 0.409. The van der Waals surface area contributed by atoms with Crippen molar-refractivity contribution in [3.63, 3.8) is 0 Å². The maximum absolute atomic E-state index is 12.1. The Bertz CT molecular complexity index is 341. The van der Waals surface area contributed by atoms with Gasteiger partial charge in [-0.05, 0) is 44.4 Å². The fraction of sp³-hybridized carbons (Fsp3) is 1.00. The number of nitrogens with one attached hydrogen (secondary N) is 1. The average molecular weight is 275 g/mol. The van der Waals surface area contributed by atoms with E-state index in [0.29, 0.717) is 12.5 Å². The standard InChI is InChI=1S/C13H25NO3S/c15-12-8-6-11(7-9-12)10-14-18(16,17)13-4-2-1-3-5-13/h11-15H,1-10H2. The lowest BCUT2D eigenvalue weighted by Gasteiger charge is -2.27. The van der Waals surface area contributed by atoms with Crippen LogP contribution >= 0.6 is 0 Å². The maximum atomic E-state index is 12.1. The first-order chi connectivity index (χ1) is 8.58. The molecule has 0 aromatic rings. The molecule has 2 aliphatic rings. The van der Waals surface area contributed by atoms with Gasteiger partial charge in [-0.2, -0.15) is 0 Å². The minimum Gasteiger partial charge on any atom is -0.393 e. The molecule has 2 fully saturated rings. The molecule has 106 valence electrons. The Hall–Kier alpha value is -0.130. The zero-order chi connectivity index (χ0) is 13.0. The Labute approximate surface area is 110 Å². The van der Waals surface area contributed by atoms with Gasteiger partial charge >= 0.3 is 0 Å². The lowest BCUT2D eigenvalue weighted by Crippen LogP contribution is -2.39. The third kappa shape index (κ3) is 3.93. The molecule has 2 aliphatic carbocycles. The van der Waals surface area contributed by atoms with Crippen LogP contribution < -0.4 is 4.72 Å². The largest absolute Gasteiger partial charge is 0.393 e. The first kappa shape index (κ1) is 14.3. The van der Waals surface area contributed by atoms with Crippen LogP contribution in [0.25, 0.3) is 0 Å². The van der Waals surface area contributed by atoms with E-state index in [1.165, 1.54) is 6.42 Å². The summed E-state index contributed by atoms with van der Waals surface area (Å²) in [4.78, 5) is 0. The highest BCUT2D eigenvalue weighted by Gasteiger charge is 2.28. The van der Waals surface area contributed by atoms with Crippen LogP contribution in [0.15, 0.2) is 0 Å². The molecular formula is C13H25NO3S. The van der Waals surface area contributed by atoms with Crippen molar-refractivity contribution in [2.24, 2.45) is 5.92 Å². The molecule has 0 atom stereocenters. The summed E-state index contributed by atoms with van der Waals surface area (Å²) in [6.45, 7) is 0.561. The minimum absolute atomic E-state index is 0.166. The lowest BCUT2D eigenvalue weighted by molar-refractivity contribution is 0.109. The van der Waals surface area contributed by atoms with Gasteiger partial charge < -0.3 is 5.11 Å². The fourth-order valence-corrected chi connectivity index (χ4v) is 4.73. The van der Waals surface area contributed by atoms with E-state index in [0.717, 1.165) is 51.4 Å². The van der Waals surface area contributed by atoms with E-state index in [1.807, 2.05) is 0 Å². The van der Waals surface area contributed by atoms with Gasteiger partial charge in [0.25, 0.3) is 0 Å². The SMILES string of the molecule is O=S(=O)(NCC1CCC(O)CC1)C1CCCCC1. The van der Waals surface area contributed by atoms with Crippen molar-refractivity contribution in [2.45, 2.75) is 69.1 Å². The number of sulfonamides is 1. The predicted molar refractivity (Wildman–Crippen MR) is 71.8 cm³/mol. The molecule has 0 aromatic carbocycles. The smallest absolute Gasteiger partial charge is 0.214 e. The van der Waals surface area contributed by atoms with E-state index in [9.17, 15) is 13.5 Å². The summed E-state index contributed by atoms with van der Waals surface area (Å²) >= 11 is 0. The van der Waals surface area contributed by atoms with Crippen molar-refractivity contribution in [1.29, 1.82) is 0 Å². The molecule has 0 amide bonds. The normalized spacial score (nSPS) is 31.4. The summed E-state index contributed by atoms with van der Waals surface area (Å²) in [6.07, 6.45) is 8.23. The summed E-state index contributed by atoms with van der Waals surface area (Å²) in [5.41, 5.74) is 0. The molecule has 5 heteroatoms. The van der Waals surface area contributed by atoms with Gasteiger partial charge in [-0.25, -0.2) is 13.1 Å². The molecule has 0 unspecified atom stereocenters. The van der Waals surface area contributed by atoms with Crippen LogP contribution in [0.5, 0.6) is 0 Å². The van der Waals surface area contributed by atoms with Crippen LogP contribution in [0.1, 0.15) is 57.8 Å². The highest BCUT2D eigenvalue weighted by molar-refractivity contribution is 7.90. The first-order valence-electron chi connectivity index (χ1n) is 7.24. The van der Waals surface area contributed by atoms with Crippen LogP contribution in [0.3, 0.4) is 0 Å². The summed E-state index contributed by atoms with van der Waals surface area (Å²) < 4.78 is 27.1. The number of aliphatic hydroxyl groups excluding tert-OH is 1.